The molecule has 0 spiro atoms. The van der Waals surface area contributed by atoms with E-state index in [4.69, 9.17) is 0 Å². The van der Waals surface area contributed by atoms with Crippen molar-refractivity contribution in [2.75, 3.05) is 0 Å². The SMILES string of the molecule is Cc1cc(C(C)NCc2nonc2C)c(C)s1. The fourth-order valence-electron chi connectivity index (χ4n) is 1.85. The number of nitrogens with one attached hydrogen (secondary N) is 1. The van der Waals surface area contributed by atoms with Crippen molar-refractivity contribution in [1.82, 2.24) is 15.6 Å². The molecule has 17 heavy (non-hydrogen) atoms. The molecule has 1 unspecified atom stereocenters. The maximum Gasteiger partial charge on any atom is 0.121 e. The van der Waals surface area contributed by atoms with E-state index in [9.17, 15) is 0 Å². The minimum absolute atomic E-state index is 0.316. The summed E-state index contributed by atoms with van der Waals surface area (Å²) in [6.45, 7) is 9.05. The molecule has 0 radical (unpaired) electrons. The molecule has 0 amide bonds. The van der Waals surface area contributed by atoms with Crippen LogP contribution in [-0.2, 0) is 6.54 Å². The quantitative estimate of drug-likeness (QED) is 0.907. The third-order valence-corrected chi connectivity index (χ3v) is 3.85. The second kappa shape index (κ2) is 4.98. The van der Waals surface area contributed by atoms with Crippen molar-refractivity contribution in [1.29, 1.82) is 0 Å². The Morgan fingerprint density at radius 3 is 2.65 bits per heavy atom. The molecular formula is C12H17N3OS. The van der Waals surface area contributed by atoms with Crippen molar-refractivity contribution in [3.05, 3.63) is 32.8 Å². The van der Waals surface area contributed by atoms with Crippen LogP contribution in [0.1, 0.15) is 39.7 Å². The molecule has 92 valence electrons. The molecule has 0 saturated carbocycles. The average Bonchev–Trinajstić information content (AvgIpc) is 2.81. The van der Waals surface area contributed by atoms with Crippen LogP contribution in [0.5, 0.6) is 0 Å². The van der Waals surface area contributed by atoms with Crippen LogP contribution in [0.3, 0.4) is 0 Å². The zero-order valence-corrected chi connectivity index (χ0v) is 11.4. The fourth-order valence-corrected chi connectivity index (χ4v) is 2.87. The standard InChI is InChI=1S/C12H17N3OS/c1-7-5-11(10(4)17-7)8(2)13-6-12-9(3)14-16-15-12/h5,8,13H,6H2,1-4H3. The molecule has 2 rings (SSSR count). The Balaban J connectivity index is 2.00. The van der Waals surface area contributed by atoms with Crippen LogP contribution in [0.25, 0.3) is 0 Å². The molecule has 0 bridgehead atoms. The highest BCUT2D eigenvalue weighted by molar-refractivity contribution is 7.12. The zero-order valence-electron chi connectivity index (χ0n) is 10.6. The molecule has 2 aromatic heterocycles. The molecule has 1 atom stereocenters. The Bertz CT molecular complexity index is 504. The fraction of sp³-hybridized carbons (Fsp3) is 0.500. The van der Waals surface area contributed by atoms with E-state index in [0.29, 0.717) is 12.6 Å². The van der Waals surface area contributed by atoms with E-state index in [1.807, 2.05) is 18.3 Å². The number of aryl methyl sites for hydroxylation is 3. The number of nitrogens with zero attached hydrogens (tertiary/aromatic N) is 2. The van der Waals surface area contributed by atoms with Crippen molar-refractivity contribution >= 4 is 11.3 Å². The molecule has 0 saturated heterocycles. The molecule has 5 heteroatoms. The van der Waals surface area contributed by atoms with Gasteiger partial charge in [-0.25, -0.2) is 4.63 Å². The lowest BCUT2D eigenvalue weighted by Crippen LogP contribution is -2.18. The number of thiophene rings is 1. The smallest absolute Gasteiger partial charge is 0.121 e. The van der Waals surface area contributed by atoms with Gasteiger partial charge in [0.15, 0.2) is 0 Å². The predicted octanol–water partition coefficient (Wildman–Crippen LogP) is 2.91. The normalized spacial score (nSPS) is 12.9. The summed E-state index contributed by atoms with van der Waals surface area (Å²) < 4.78 is 4.67. The lowest BCUT2D eigenvalue weighted by molar-refractivity contribution is 0.300. The Kier molecular flexibility index (Phi) is 3.59. The number of hydrogen-bond donors (Lipinski definition) is 1. The van der Waals surface area contributed by atoms with E-state index in [0.717, 1.165) is 11.4 Å². The van der Waals surface area contributed by atoms with Gasteiger partial charge in [0.1, 0.15) is 11.4 Å². The van der Waals surface area contributed by atoms with Crippen LogP contribution in [0.4, 0.5) is 0 Å². The topological polar surface area (TPSA) is 51.0 Å². The molecular weight excluding hydrogens is 234 g/mol. The summed E-state index contributed by atoms with van der Waals surface area (Å²) in [7, 11) is 0. The van der Waals surface area contributed by atoms with E-state index < -0.39 is 0 Å². The first-order valence-corrected chi connectivity index (χ1v) is 6.48. The van der Waals surface area contributed by atoms with Crippen molar-refractivity contribution in [3.63, 3.8) is 0 Å². The summed E-state index contributed by atoms with van der Waals surface area (Å²) >= 11 is 1.84. The number of hydrogen-bond acceptors (Lipinski definition) is 5. The lowest BCUT2D eigenvalue weighted by atomic mass is 10.1. The molecule has 0 aliphatic heterocycles. The molecule has 0 aliphatic rings. The highest BCUT2D eigenvalue weighted by Gasteiger charge is 2.12. The first-order chi connectivity index (χ1) is 8.08. The van der Waals surface area contributed by atoms with Crippen molar-refractivity contribution in [3.8, 4) is 0 Å². The van der Waals surface area contributed by atoms with E-state index in [1.165, 1.54) is 15.3 Å². The van der Waals surface area contributed by atoms with Gasteiger partial charge in [0.05, 0.1) is 0 Å². The molecule has 0 aromatic carbocycles. The van der Waals surface area contributed by atoms with Crippen molar-refractivity contribution < 1.29 is 4.63 Å². The molecule has 2 aromatic rings. The molecule has 4 nitrogen and oxygen atoms in total. The van der Waals surface area contributed by atoms with Crippen LogP contribution >= 0.6 is 11.3 Å². The second-order valence-corrected chi connectivity index (χ2v) is 5.73. The van der Waals surface area contributed by atoms with Gasteiger partial charge in [0, 0.05) is 22.3 Å². The largest absolute Gasteiger partial charge is 0.304 e. The third kappa shape index (κ3) is 2.73. The lowest BCUT2D eigenvalue weighted by Gasteiger charge is -2.12. The number of aromatic nitrogens is 2. The Labute approximate surface area is 105 Å². The van der Waals surface area contributed by atoms with E-state index in [1.54, 1.807) is 0 Å². The number of rotatable bonds is 4. The third-order valence-electron chi connectivity index (χ3n) is 2.87. The van der Waals surface area contributed by atoms with Crippen LogP contribution in [0.15, 0.2) is 10.7 Å². The highest BCUT2D eigenvalue weighted by Crippen LogP contribution is 2.26. The summed E-state index contributed by atoms with van der Waals surface area (Å²) in [5.41, 5.74) is 3.09. The van der Waals surface area contributed by atoms with E-state index in [2.05, 4.69) is 47.1 Å². The van der Waals surface area contributed by atoms with Gasteiger partial charge >= 0.3 is 0 Å². The van der Waals surface area contributed by atoms with Gasteiger partial charge in [-0.2, -0.15) is 0 Å². The predicted molar refractivity (Wildman–Crippen MR) is 68.1 cm³/mol. The zero-order chi connectivity index (χ0) is 12.4. The summed E-state index contributed by atoms with van der Waals surface area (Å²) in [4.78, 5) is 2.72. The summed E-state index contributed by atoms with van der Waals surface area (Å²) in [6.07, 6.45) is 0. The first kappa shape index (κ1) is 12.3. The van der Waals surface area contributed by atoms with E-state index in [-0.39, 0.29) is 0 Å². The van der Waals surface area contributed by atoms with Gasteiger partial charge in [-0.15, -0.1) is 11.3 Å². The van der Waals surface area contributed by atoms with Gasteiger partial charge < -0.3 is 5.32 Å². The highest BCUT2D eigenvalue weighted by atomic mass is 32.1. The van der Waals surface area contributed by atoms with Gasteiger partial charge in [-0.05, 0) is 39.3 Å². The molecule has 1 N–H and O–H groups in total. The van der Waals surface area contributed by atoms with Gasteiger partial charge in [0.2, 0.25) is 0 Å². The van der Waals surface area contributed by atoms with Crippen LogP contribution in [0, 0.1) is 20.8 Å². The van der Waals surface area contributed by atoms with Gasteiger partial charge in [0.25, 0.3) is 0 Å². The maximum atomic E-state index is 4.67. The van der Waals surface area contributed by atoms with Crippen molar-refractivity contribution in [2.45, 2.75) is 40.3 Å². The summed E-state index contributed by atoms with van der Waals surface area (Å²) in [5, 5.41) is 11.1. The second-order valence-electron chi connectivity index (χ2n) is 4.27. The monoisotopic (exact) mass is 251 g/mol. The first-order valence-electron chi connectivity index (χ1n) is 5.66. The summed E-state index contributed by atoms with van der Waals surface area (Å²) in [6, 6.07) is 2.56. The molecule has 2 heterocycles. The average molecular weight is 251 g/mol. The van der Waals surface area contributed by atoms with Crippen molar-refractivity contribution in [2.24, 2.45) is 0 Å². The van der Waals surface area contributed by atoms with Gasteiger partial charge in [-0.1, -0.05) is 10.3 Å². The maximum absolute atomic E-state index is 4.67. The molecule has 0 aliphatic carbocycles. The minimum Gasteiger partial charge on any atom is -0.304 e. The van der Waals surface area contributed by atoms with Crippen LogP contribution in [-0.4, -0.2) is 10.3 Å². The van der Waals surface area contributed by atoms with Crippen LogP contribution < -0.4 is 5.32 Å². The minimum atomic E-state index is 0.316. The summed E-state index contributed by atoms with van der Waals surface area (Å²) in [5.74, 6) is 0. The van der Waals surface area contributed by atoms with Gasteiger partial charge in [-0.3, -0.25) is 0 Å². The van der Waals surface area contributed by atoms with Crippen LogP contribution in [0.2, 0.25) is 0 Å². The van der Waals surface area contributed by atoms with E-state index >= 15 is 0 Å². The Morgan fingerprint density at radius 1 is 1.35 bits per heavy atom. The Morgan fingerprint density at radius 2 is 2.12 bits per heavy atom. The molecule has 0 fully saturated rings. The Hall–Kier alpha value is -1.20.